The van der Waals surface area contributed by atoms with Gasteiger partial charge in [-0.15, -0.1) is 0 Å². The maximum absolute atomic E-state index is 12.4. The van der Waals surface area contributed by atoms with Crippen LogP contribution in [0, 0.1) is 5.92 Å². The van der Waals surface area contributed by atoms with Crippen LogP contribution in [0.25, 0.3) is 5.52 Å². The number of anilines is 1. The monoisotopic (exact) mass is 364 g/mol. The van der Waals surface area contributed by atoms with Gasteiger partial charge >= 0.3 is 0 Å². The zero-order valence-corrected chi connectivity index (χ0v) is 15.4. The molecule has 4 heterocycles. The Balaban J connectivity index is 1.29. The van der Waals surface area contributed by atoms with Crippen LogP contribution in [0.15, 0.2) is 35.5 Å². The second-order valence-electron chi connectivity index (χ2n) is 7.69. The van der Waals surface area contributed by atoms with Gasteiger partial charge in [0.05, 0.1) is 11.9 Å². The van der Waals surface area contributed by atoms with Gasteiger partial charge in [0.2, 0.25) is 0 Å². The van der Waals surface area contributed by atoms with Crippen LogP contribution in [0.5, 0.6) is 0 Å². The highest BCUT2D eigenvalue weighted by atomic mass is 16.1. The van der Waals surface area contributed by atoms with Crippen molar-refractivity contribution in [1.82, 2.24) is 24.4 Å². The Morgan fingerprint density at radius 1 is 1.11 bits per heavy atom. The number of fused-ring (bicyclic) bond motifs is 2. The van der Waals surface area contributed by atoms with Crippen molar-refractivity contribution in [3.8, 4) is 0 Å². The minimum atomic E-state index is 0.0591. The van der Waals surface area contributed by atoms with Gasteiger partial charge in [-0.3, -0.25) is 4.79 Å². The highest BCUT2D eigenvalue weighted by Crippen LogP contribution is 2.26. The summed E-state index contributed by atoms with van der Waals surface area (Å²) >= 11 is 0. The smallest absolute Gasteiger partial charge is 0.267 e. The van der Waals surface area contributed by atoms with Crippen LogP contribution in [-0.2, 0) is 19.4 Å². The van der Waals surface area contributed by atoms with Crippen molar-refractivity contribution in [1.29, 1.82) is 0 Å². The number of hydrogen-bond acceptors (Lipinski definition) is 5. The van der Waals surface area contributed by atoms with E-state index in [1.165, 1.54) is 12.8 Å². The number of piperidine rings is 1. The van der Waals surface area contributed by atoms with Crippen molar-refractivity contribution in [3.63, 3.8) is 0 Å². The summed E-state index contributed by atoms with van der Waals surface area (Å²) in [4.78, 5) is 19.3. The van der Waals surface area contributed by atoms with Crippen LogP contribution in [0.2, 0.25) is 0 Å². The van der Waals surface area contributed by atoms with Gasteiger partial charge in [-0.1, -0.05) is 0 Å². The van der Waals surface area contributed by atoms with E-state index in [2.05, 4.69) is 20.1 Å². The third-order valence-electron chi connectivity index (χ3n) is 5.92. The molecule has 0 amide bonds. The molecule has 1 fully saturated rings. The first-order valence-corrected chi connectivity index (χ1v) is 9.91. The molecule has 27 heavy (non-hydrogen) atoms. The van der Waals surface area contributed by atoms with Gasteiger partial charge in [-0.25, -0.2) is 14.2 Å². The summed E-state index contributed by atoms with van der Waals surface area (Å²) < 4.78 is 3.57. The molecule has 0 N–H and O–H groups in total. The second-order valence-corrected chi connectivity index (χ2v) is 7.69. The maximum Gasteiger partial charge on any atom is 0.267 e. The first-order valence-electron chi connectivity index (χ1n) is 9.91. The lowest BCUT2D eigenvalue weighted by Gasteiger charge is -2.33. The molecule has 7 heteroatoms. The molecule has 0 radical (unpaired) electrons. The van der Waals surface area contributed by atoms with E-state index in [1.54, 1.807) is 17.1 Å². The maximum atomic E-state index is 12.4. The molecular formula is C20H24N6O. The third kappa shape index (κ3) is 3.11. The summed E-state index contributed by atoms with van der Waals surface area (Å²) in [7, 11) is 0. The molecule has 0 spiro atoms. The topological polar surface area (TPSA) is 68.3 Å². The summed E-state index contributed by atoms with van der Waals surface area (Å²) in [6.07, 6.45) is 11.9. The highest BCUT2D eigenvalue weighted by Gasteiger charge is 2.23. The van der Waals surface area contributed by atoms with Crippen LogP contribution in [0.3, 0.4) is 0 Å². The number of rotatable bonds is 3. The first-order chi connectivity index (χ1) is 13.3. The SMILES string of the molecule is O=c1cc2c(nn1CC1CCN(c3nccn4nccc34)CC1)CCCC2. The Hall–Kier alpha value is -2.70. The van der Waals surface area contributed by atoms with E-state index >= 15 is 0 Å². The summed E-state index contributed by atoms with van der Waals surface area (Å²) in [5, 5.41) is 8.98. The van der Waals surface area contributed by atoms with E-state index in [0.29, 0.717) is 5.92 Å². The average Bonchev–Trinajstić information content (AvgIpc) is 3.18. The van der Waals surface area contributed by atoms with Gasteiger partial charge in [-0.05, 0) is 56.1 Å². The van der Waals surface area contributed by atoms with Gasteiger partial charge in [0, 0.05) is 38.1 Å². The molecule has 5 rings (SSSR count). The summed E-state index contributed by atoms with van der Waals surface area (Å²) in [5.41, 5.74) is 3.40. The predicted molar refractivity (Wildman–Crippen MR) is 103 cm³/mol. The summed E-state index contributed by atoms with van der Waals surface area (Å²) in [5.74, 6) is 1.48. The molecule has 0 unspecified atom stereocenters. The van der Waals surface area contributed by atoms with Crippen molar-refractivity contribution in [2.45, 2.75) is 45.1 Å². The van der Waals surface area contributed by atoms with E-state index in [4.69, 9.17) is 0 Å². The molecular weight excluding hydrogens is 340 g/mol. The number of aromatic nitrogens is 5. The molecule has 140 valence electrons. The van der Waals surface area contributed by atoms with Gasteiger partial charge in [-0.2, -0.15) is 10.2 Å². The van der Waals surface area contributed by atoms with E-state index in [-0.39, 0.29) is 5.56 Å². The Bertz CT molecular complexity index is 1010. The quantitative estimate of drug-likeness (QED) is 0.712. The van der Waals surface area contributed by atoms with Crippen LogP contribution in [-0.4, -0.2) is 37.5 Å². The predicted octanol–water partition coefficient (Wildman–Crippen LogP) is 2.08. The normalized spacial score (nSPS) is 18.0. The molecule has 3 aromatic heterocycles. The van der Waals surface area contributed by atoms with Crippen LogP contribution in [0.4, 0.5) is 5.82 Å². The molecule has 1 aliphatic heterocycles. The summed E-state index contributed by atoms with van der Waals surface area (Å²) in [6, 6.07) is 3.83. The second kappa shape index (κ2) is 6.79. The van der Waals surface area contributed by atoms with Gasteiger partial charge in [0.15, 0.2) is 5.82 Å². The zero-order valence-electron chi connectivity index (χ0n) is 15.4. The fourth-order valence-electron chi connectivity index (χ4n) is 4.39. The average molecular weight is 364 g/mol. The Morgan fingerprint density at radius 2 is 1.96 bits per heavy atom. The first kappa shape index (κ1) is 16.5. The molecule has 2 aliphatic rings. The third-order valence-corrected chi connectivity index (χ3v) is 5.92. The number of nitrogens with zero attached hydrogens (tertiary/aromatic N) is 6. The van der Waals surface area contributed by atoms with Crippen molar-refractivity contribution in [2.24, 2.45) is 5.92 Å². The molecule has 1 saturated heterocycles. The molecule has 3 aromatic rings. The molecule has 0 aromatic carbocycles. The van der Waals surface area contributed by atoms with Gasteiger partial charge in [0.1, 0.15) is 5.52 Å². The molecule has 1 aliphatic carbocycles. The van der Waals surface area contributed by atoms with Crippen LogP contribution >= 0.6 is 0 Å². The minimum Gasteiger partial charge on any atom is -0.355 e. The standard InChI is InChI=1S/C20H24N6O/c27-19-13-16-3-1-2-4-17(16)23-26(19)14-15-6-10-24(11-7-15)20-18-5-8-22-25(18)12-9-21-20/h5,8-9,12-13,15H,1-4,6-7,10-11,14H2. The molecule has 0 bridgehead atoms. The van der Waals surface area contributed by atoms with Crippen molar-refractivity contribution >= 4 is 11.3 Å². The Morgan fingerprint density at radius 3 is 2.85 bits per heavy atom. The minimum absolute atomic E-state index is 0.0591. The van der Waals surface area contributed by atoms with Crippen molar-refractivity contribution in [2.75, 3.05) is 18.0 Å². The zero-order chi connectivity index (χ0) is 18.2. The van der Waals surface area contributed by atoms with E-state index in [1.807, 2.05) is 22.8 Å². The lowest BCUT2D eigenvalue weighted by molar-refractivity contribution is 0.331. The molecule has 0 saturated carbocycles. The largest absolute Gasteiger partial charge is 0.355 e. The van der Waals surface area contributed by atoms with Gasteiger partial charge in [0.25, 0.3) is 5.56 Å². The Labute approximate surface area is 157 Å². The van der Waals surface area contributed by atoms with Crippen molar-refractivity contribution < 1.29 is 0 Å². The molecule has 0 atom stereocenters. The van der Waals surface area contributed by atoms with Crippen LogP contribution in [0.1, 0.15) is 36.9 Å². The summed E-state index contributed by atoms with van der Waals surface area (Å²) in [6.45, 7) is 2.62. The van der Waals surface area contributed by atoms with Crippen LogP contribution < -0.4 is 10.5 Å². The van der Waals surface area contributed by atoms with E-state index in [0.717, 1.165) is 67.9 Å². The number of aryl methyl sites for hydroxylation is 2. The number of hydrogen-bond donors (Lipinski definition) is 0. The fraction of sp³-hybridized carbons (Fsp3) is 0.500. The lowest BCUT2D eigenvalue weighted by Crippen LogP contribution is -2.37. The molecule has 7 nitrogen and oxygen atoms in total. The van der Waals surface area contributed by atoms with E-state index < -0.39 is 0 Å². The van der Waals surface area contributed by atoms with Crippen molar-refractivity contribution in [3.05, 3.63) is 52.3 Å². The lowest BCUT2D eigenvalue weighted by atomic mass is 9.96. The highest BCUT2D eigenvalue weighted by molar-refractivity contribution is 5.68. The Kier molecular flexibility index (Phi) is 4.14. The van der Waals surface area contributed by atoms with Gasteiger partial charge < -0.3 is 4.90 Å². The van der Waals surface area contributed by atoms with E-state index in [9.17, 15) is 4.79 Å². The fourth-order valence-corrected chi connectivity index (χ4v) is 4.39.